The molecule has 1 aromatic carbocycles. The number of rotatable bonds is 8. The SMILES string of the molecule is NCCCCCC(=O)Nc1ccc(OC(F)F)cc1. The Morgan fingerprint density at radius 3 is 2.47 bits per heavy atom. The minimum atomic E-state index is -2.84. The number of ether oxygens (including phenoxy) is 1. The Morgan fingerprint density at radius 1 is 1.21 bits per heavy atom. The number of carbonyl (C=O) groups is 1. The van der Waals surface area contributed by atoms with Crippen LogP contribution in [0.1, 0.15) is 25.7 Å². The average molecular weight is 272 g/mol. The normalized spacial score (nSPS) is 10.5. The molecular weight excluding hydrogens is 254 g/mol. The Balaban J connectivity index is 2.34. The van der Waals surface area contributed by atoms with Crippen LogP contribution in [-0.4, -0.2) is 19.1 Å². The van der Waals surface area contributed by atoms with Crippen molar-refractivity contribution in [3.8, 4) is 5.75 Å². The number of hydrogen-bond donors (Lipinski definition) is 2. The second-order valence-corrected chi connectivity index (χ2v) is 4.05. The molecule has 0 saturated carbocycles. The third-order valence-corrected chi connectivity index (χ3v) is 2.47. The van der Waals surface area contributed by atoms with Crippen LogP contribution in [0.15, 0.2) is 24.3 Å². The van der Waals surface area contributed by atoms with Crippen LogP contribution in [-0.2, 0) is 4.79 Å². The Morgan fingerprint density at radius 2 is 1.89 bits per heavy atom. The molecular formula is C13H18F2N2O2. The molecule has 0 heterocycles. The van der Waals surface area contributed by atoms with Crippen molar-refractivity contribution in [3.05, 3.63) is 24.3 Å². The molecule has 19 heavy (non-hydrogen) atoms. The number of halogens is 2. The number of nitrogens with two attached hydrogens (primary N) is 1. The molecule has 0 fully saturated rings. The van der Waals surface area contributed by atoms with Gasteiger partial charge in [0.15, 0.2) is 0 Å². The van der Waals surface area contributed by atoms with Gasteiger partial charge in [0.1, 0.15) is 5.75 Å². The summed E-state index contributed by atoms with van der Waals surface area (Å²) in [5, 5.41) is 2.69. The van der Waals surface area contributed by atoms with Gasteiger partial charge in [0.05, 0.1) is 0 Å². The predicted octanol–water partition coefficient (Wildman–Crippen LogP) is 2.75. The van der Waals surface area contributed by atoms with Gasteiger partial charge in [-0.15, -0.1) is 0 Å². The lowest BCUT2D eigenvalue weighted by molar-refractivity contribution is -0.116. The van der Waals surface area contributed by atoms with Crippen LogP contribution in [0.25, 0.3) is 0 Å². The third-order valence-electron chi connectivity index (χ3n) is 2.47. The second kappa shape index (κ2) is 8.42. The van der Waals surface area contributed by atoms with Crippen LogP contribution in [0, 0.1) is 0 Å². The Bertz CT molecular complexity index is 383. The van der Waals surface area contributed by atoms with Gasteiger partial charge in [-0.1, -0.05) is 6.42 Å². The van der Waals surface area contributed by atoms with E-state index < -0.39 is 6.61 Å². The molecule has 0 saturated heterocycles. The van der Waals surface area contributed by atoms with Crippen LogP contribution in [0.3, 0.4) is 0 Å². The van der Waals surface area contributed by atoms with E-state index in [4.69, 9.17) is 5.73 Å². The topological polar surface area (TPSA) is 64.4 Å². The lowest BCUT2D eigenvalue weighted by atomic mass is 10.2. The van der Waals surface area contributed by atoms with Crippen molar-refractivity contribution in [1.82, 2.24) is 0 Å². The molecule has 0 bridgehead atoms. The maximum atomic E-state index is 11.9. The summed E-state index contributed by atoms with van der Waals surface area (Å²) in [4.78, 5) is 11.5. The van der Waals surface area contributed by atoms with E-state index in [1.807, 2.05) is 0 Å². The Kier molecular flexibility index (Phi) is 6.81. The van der Waals surface area contributed by atoms with Crippen molar-refractivity contribution in [1.29, 1.82) is 0 Å². The number of amides is 1. The summed E-state index contributed by atoms with van der Waals surface area (Å²) in [6.45, 7) is -2.21. The van der Waals surface area contributed by atoms with Crippen LogP contribution < -0.4 is 15.8 Å². The number of unbranched alkanes of at least 4 members (excludes halogenated alkanes) is 2. The Labute approximate surface area is 110 Å². The molecule has 0 aromatic heterocycles. The first-order chi connectivity index (χ1) is 9.11. The summed E-state index contributed by atoms with van der Waals surface area (Å²) in [5.74, 6) is -0.0319. The monoisotopic (exact) mass is 272 g/mol. The third kappa shape index (κ3) is 6.71. The highest BCUT2D eigenvalue weighted by Gasteiger charge is 2.05. The van der Waals surface area contributed by atoms with Crippen LogP contribution in [0.5, 0.6) is 5.75 Å². The quantitative estimate of drug-likeness (QED) is 0.715. The van der Waals surface area contributed by atoms with Crippen LogP contribution >= 0.6 is 0 Å². The Hall–Kier alpha value is -1.69. The number of nitrogens with one attached hydrogen (secondary N) is 1. The smallest absolute Gasteiger partial charge is 0.387 e. The maximum absolute atomic E-state index is 11.9. The zero-order chi connectivity index (χ0) is 14.1. The van der Waals surface area contributed by atoms with Gasteiger partial charge in [0.25, 0.3) is 0 Å². The van der Waals surface area contributed by atoms with E-state index in [9.17, 15) is 13.6 Å². The van der Waals surface area contributed by atoms with Crippen molar-refractivity contribution in [2.75, 3.05) is 11.9 Å². The van der Waals surface area contributed by atoms with Gasteiger partial charge in [-0.25, -0.2) is 0 Å². The van der Waals surface area contributed by atoms with Crippen LogP contribution in [0.2, 0.25) is 0 Å². The summed E-state index contributed by atoms with van der Waals surface area (Å²) in [7, 11) is 0. The van der Waals surface area contributed by atoms with E-state index >= 15 is 0 Å². The zero-order valence-corrected chi connectivity index (χ0v) is 10.6. The van der Waals surface area contributed by atoms with Gasteiger partial charge in [-0.05, 0) is 43.7 Å². The number of carbonyl (C=O) groups excluding carboxylic acids is 1. The molecule has 0 spiro atoms. The van der Waals surface area contributed by atoms with Crippen LogP contribution in [0.4, 0.5) is 14.5 Å². The van der Waals surface area contributed by atoms with Gasteiger partial charge in [-0.2, -0.15) is 8.78 Å². The molecule has 0 aliphatic carbocycles. The van der Waals surface area contributed by atoms with E-state index in [0.717, 1.165) is 19.3 Å². The molecule has 1 aromatic rings. The molecule has 1 amide bonds. The maximum Gasteiger partial charge on any atom is 0.387 e. The summed E-state index contributed by atoms with van der Waals surface area (Å²) < 4.78 is 28.1. The largest absolute Gasteiger partial charge is 0.435 e. The molecule has 0 aliphatic heterocycles. The first kappa shape index (κ1) is 15.4. The standard InChI is InChI=1S/C13H18F2N2O2/c14-13(15)19-11-7-5-10(6-8-11)17-12(18)4-2-1-3-9-16/h5-8,13H,1-4,9,16H2,(H,17,18). The molecule has 6 heteroatoms. The number of alkyl halides is 2. The van der Waals surface area contributed by atoms with E-state index in [0.29, 0.717) is 18.7 Å². The average Bonchev–Trinajstić information content (AvgIpc) is 2.36. The van der Waals surface area contributed by atoms with Gasteiger partial charge in [-0.3, -0.25) is 4.79 Å². The van der Waals surface area contributed by atoms with Gasteiger partial charge in [0.2, 0.25) is 5.91 Å². The zero-order valence-electron chi connectivity index (χ0n) is 10.6. The van der Waals surface area contributed by atoms with Gasteiger partial charge >= 0.3 is 6.61 Å². The van der Waals surface area contributed by atoms with Crippen molar-refractivity contribution in [3.63, 3.8) is 0 Å². The fourth-order valence-corrected chi connectivity index (χ4v) is 1.55. The molecule has 3 N–H and O–H groups in total. The van der Waals surface area contributed by atoms with Crippen molar-refractivity contribution in [2.24, 2.45) is 5.73 Å². The van der Waals surface area contributed by atoms with Crippen molar-refractivity contribution >= 4 is 11.6 Å². The molecule has 0 aliphatic rings. The van der Waals surface area contributed by atoms with Gasteiger partial charge in [0, 0.05) is 12.1 Å². The highest BCUT2D eigenvalue weighted by molar-refractivity contribution is 5.90. The van der Waals surface area contributed by atoms with Crippen molar-refractivity contribution in [2.45, 2.75) is 32.3 Å². The van der Waals surface area contributed by atoms with E-state index in [2.05, 4.69) is 10.1 Å². The molecule has 106 valence electrons. The summed E-state index contributed by atoms with van der Waals surface area (Å²) in [6, 6.07) is 5.82. The second-order valence-electron chi connectivity index (χ2n) is 4.05. The predicted molar refractivity (Wildman–Crippen MR) is 69.2 cm³/mol. The fourth-order valence-electron chi connectivity index (χ4n) is 1.55. The molecule has 0 atom stereocenters. The number of benzene rings is 1. The first-order valence-electron chi connectivity index (χ1n) is 6.16. The number of hydrogen-bond acceptors (Lipinski definition) is 3. The minimum Gasteiger partial charge on any atom is -0.435 e. The van der Waals surface area contributed by atoms with E-state index in [1.54, 1.807) is 0 Å². The van der Waals surface area contributed by atoms with Gasteiger partial charge < -0.3 is 15.8 Å². The number of anilines is 1. The van der Waals surface area contributed by atoms with E-state index in [-0.39, 0.29) is 11.7 Å². The molecule has 4 nitrogen and oxygen atoms in total. The summed E-state index contributed by atoms with van der Waals surface area (Å²) in [5.41, 5.74) is 5.91. The lowest BCUT2D eigenvalue weighted by Gasteiger charge is -2.07. The fraction of sp³-hybridized carbons (Fsp3) is 0.462. The highest BCUT2D eigenvalue weighted by atomic mass is 19.3. The first-order valence-corrected chi connectivity index (χ1v) is 6.16. The summed E-state index contributed by atoms with van der Waals surface area (Å²) in [6.07, 6.45) is 3.04. The molecule has 1 rings (SSSR count). The van der Waals surface area contributed by atoms with Crippen molar-refractivity contribution < 1.29 is 18.3 Å². The highest BCUT2D eigenvalue weighted by Crippen LogP contribution is 2.17. The van der Waals surface area contributed by atoms with E-state index in [1.165, 1.54) is 24.3 Å². The molecule has 0 unspecified atom stereocenters. The summed E-state index contributed by atoms with van der Waals surface area (Å²) >= 11 is 0. The minimum absolute atomic E-state index is 0.0657. The molecule has 0 radical (unpaired) electrons. The lowest BCUT2D eigenvalue weighted by Crippen LogP contribution is -2.11.